The number of carbonyl (C=O) groups is 1. The number of para-hydroxylation sites is 1. The standard InChI is InChI=1S/C16H20N4O/c21-16(15-13-6-1-2-7-14(13)18-19-15)17-11-4-3-5-12-8-9-20(12)10-11/h1-2,6-7,11-12H,3-5,8-10H2,(H,17,21)(H,18,19)/t11-,12?/m1/s1. The van der Waals surface area contributed by atoms with Gasteiger partial charge in [-0.25, -0.2) is 0 Å². The van der Waals surface area contributed by atoms with E-state index in [0.29, 0.717) is 5.69 Å². The zero-order valence-electron chi connectivity index (χ0n) is 12.0. The number of amides is 1. The first-order valence-corrected chi connectivity index (χ1v) is 7.79. The molecule has 2 atom stereocenters. The molecule has 2 saturated heterocycles. The predicted molar refractivity (Wildman–Crippen MR) is 81.2 cm³/mol. The van der Waals surface area contributed by atoms with Gasteiger partial charge >= 0.3 is 0 Å². The lowest BCUT2D eigenvalue weighted by Gasteiger charge is -2.40. The van der Waals surface area contributed by atoms with E-state index in [9.17, 15) is 4.79 Å². The lowest BCUT2D eigenvalue weighted by molar-refractivity contribution is 0.0787. The van der Waals surface area contributed by atoms with Gasteiger partial charge < -0.3 is 5.32 Å². The van der Waals surface area contributed by atoms with Crippen molar-refractivity contribution < 1.29 is 4.79 Å². The van der Waals surface area contributed by atoms with Crippen LogP contribution in [0.2, 0.25) is 0 Å². The third kappa shape index (κ3) is 2.31. The summed E-state index contributed by atoms with van der Waals surface area (Å²) in [5.74, 6) is -0.0589. The van der Waals surface area contributed by atoms with Crippen LogP contribution >= 0.6 is 0 Å². The number of benzene rings is 1. The van der Waals surface area contributed by atoms with Crippen LogP contribution in [0.5, 0.6) is 0 Å². The van der Waals surface area contributed by atoms with E-state index in [1.807, 2.05) is 24.3 Å². The zero-order chi connectivity index (χ0) is 14.2. The molecule has 5 heteroatoms. The van der Waals surface area contributed by atoms with Crippen LogP contribution in [-0.4, -0.2) is 46.2 Å². The van der Waals surface area contributed by atoms with Crippen molar-refractivity contribution in [3.8, 4) is 0 Å². The minimum atomic E-state index is -0.0589. The Morgan fingerprint density at radius 3 is 3.05 bits per heavy atom. The maximum atomic E-state index is 12.5. The lowest BCUT2D eigenvalue weighted by Crippen LogP contribution is -2.52. The monoisotopic (exact) mass is 284 g/mol. The van der Waals surface area contributed by atoms with Gasteiger partial charge in [-0.15, -0.1) is 0 Å². The topological polar surface area (TPSA) is 61.0 Å². The van der Waals surface area contributed by atoms with Crippen LogP contribution < -0.4 is 5.32 Å². The van der Waals surface area contributed by atoms with Crippen LogP contribution in [0.4, 0.5) is 0 Å². The summed E-state index contributed by atoms with van der Waals surface area (Å²) in [5.41, 5.74) is 1.42. The molecule has 2 aliphatic rings. The molecule has 21 heavy (non-hydrogen) atoms. The number of nitrogens with one attached hydrogen (secondary N) is 2. The Hall–Kier alpha value is -1.88. The van der Waals surface area contributed by atoms with Crippen molar-refractivity contribution in [1.29, 1.82) is 0 Å². The molecule has 1 unspecified atom stereocenters. The second kappa shape index (κ2) is 5.15. The first-order valence-electron chi connectivity index (χ1n) is 7.79. The highest BCUT2D eigenvalue weighted by molar-refractivity contribution is 6.04. The van der Waals surface area contributed by atoms with Gasteiger partial charge in [-0.05, 0) is 38.3 Å². The highest BCUT2D eigenvalue weighted by Gasteiger charge is 2.32. The van der Waals surface area contributed by atoms with E-state index in [0.717, 1.165) is 29.9 Å². The van der Waals surface area contributed by atoms with Crippen molar-refractivity contribution >= 4 is 16.8 Å². The molecule has 3 heterocycles. The Morgan fingerprint density at radius 2 is 2.19 bits per heavy atom. The van der Waals surface area contributed by atoms with Gasteiger partial charge in [0, 0.05) is 24.0 Å². The number of fused-ring (bicyclic) bond motifs is 2. The normalized spacial score (nSPS) is 25.9. The number of hydrogen-bond donors (Lipinski definition) is 2. The Kier molecular flexibility index (Phi) is 3.15. The van der Waals surface area contributed by atoms with E-state index in [4.69, 9.17) is 0 Å². The first-order chi connectivity index (χ1) is 10.3. The molecule has 5 nitrogen and oxygen atoms in total. The SMILES string of the molecule is O=C(N[C@@H]1CCCC2CCN2C1)c1n[nH]c2ccccc12. The fourth-order valence-electron chi connectivity index (χ4n) is 3.54. The van der Waals surface area contributed by atoms with Gasteiger partial charge in [-0.2, -0.15) is 5.10 Å². The van der Waals surface area contributed by atoms with E-state index in [1.165, 1.54) is 25.8 Å². The smallest absolute Gasteiger partial charge is 0.272 e. The van der Waals surface area contributed by atoms with Gasteiger partial charge in [-0.3, -0.25) is 14.8 Å². The fourth-order valence-corrected chi connectivity index (χ4v) is 3.54. The molecular weight excluding hydrogens is 264 g/mol. The molecule has 0 bridgehead atoms. The van der Waals surface area contributed by atoms with E-state index < -0.39 is 0 Å². The summed E-state index contributed by atoms with van der Waals surface area (Å²) in [6.45, 7) is 2.17. The van der Waals surface area contributed by atoms with Crippen LogP contribution in [0.1, 0.15) is 36.2 Å². The summed E-state index contributed by atoms with van der Waals surface area (Å²) >= 11 is 0. The quantitative estimate of drug-likeness (QED) is 0.885. The minimum absolute atomic E-state index is 0.0589. The average molecular weight is 284 g/mol. The summed E-state index contributed by atoms with van der Waals surface area (Å²) in [5, 5.41) is 11.2. The third-order valence-corrected chi connectivity index (χ3v) is 4.83. The molecular formula is C16H20N4O. The second-order valence-electron chi connectivity index (χ2n) is 6.16. The maximum Gasteiger partial charge on any atom is 0.272 e. The van der Waals surface area contributed by atoms with E-state index in [2.05, 4.69) is 20.4 Å². The number of nitrogens with zero attached hydrogens (tertiary/aromatic N) is 2. The summed E-state index contributed by atoms with van der Waals surface area (Å²) in [6, 6.07) is 8.76. The molecule has 4 rings (SSSR count). The summed E-state index contributed by atoms with van der Waals surface area (Å²) in [4.78, 5) is 15.0. The highest BCUT2D eigenvalue weighted by Crippen LogP contribution is 2.27. The molecule has 0 radical (unpaired) electrons. The Bertz CT molecular complexity index is 665. The molecule has 2 aliphatic heterocycles. The molecule has 110 valence electrons. The van der Waals surface area contributed by atoms with E-state index >= 15 is 0 Å². The summed E-state index contributed by atoms with van der Waals surface area (Å²) < 4.78 is 0. The number of aromatic nitrogens is 2. The number of hydrogen-bond acceptors (Lipinski definition) is 3. The molecule has 2 aromatic rings. The van der Waals surface area contributed by atoms with Gasteiger partial charge in [0.05, 0.1) is 5.52 Å². The predicted octanol–water partition coefficient (Wildman–Crippen LogP) is 1.92. The Labute approximate surface area is 123 Å². The molecule has 2 fully saturated rings. The second-order valence-corrected chi connectivity index (χ2v) is 6.16. The Morgan fingerprint density at radius 1 is 1.29 bits per heavy atom. The van der Waals surface area contributed by atoms with Crippen molar-refractivity contribution in [2.75, 3.05) is 13.1 Å². The van der Waals surface area contributed by atoms with Crippen LogP contribution in [0.15, 0.2) is 24.3 Å². The van der Waals surface area contributed by atoms with E-state index in [1.54, 1.807) is 0 Å². The molecule has 0 saturated carbocycles. The molecule has 0 spiro atoms. The van der Waals surface area contributed by atoms with Crippen molar-refractivity contribution in [3.05, 3.63) is 30.0 Å². The van der Waals surface area contributed by atoms with Gasteiger partial charge in [0.15, 0.2) is 5.69 Å². The number of carbonyl (C=O) groups excluding carboxylic acids is 1. The third-order valence-electron chi connectivity index (χ3n) is 4.83. The molecule has 1 aromatic heterocycles. The lowest BCUT2D eigenvalue weighted by atomic mass is 10.00. The highest BCUT2D eigenvalue weighted by atomic mass is 16.2. The molecule has 2 N–H and O–H groups in total. The Balaban J connectivity index is 1.50. The van der Waals surface area contributed by atoms with Crippen molar-refractivity contribution in [1.82, 2.24) is 20.4 Å². The van der Waals surface area contributed by atoms with Crippen LogP contribution in [0.25, 0.3) is 10.9 Å². The molecule has 1 aromatic carbocycles. The zero-order valence-corrected chi connectivity index (χ0v) is 12.0. The number of rotatable bonds is 2. The van der Waals surface area contributed by atoms with Crippen LogP contribution in [0.3, 0.4) is 0 Å². The van der Waals surface area contributed by atoms with Gasteiger partial charge in [0.2, 0.25) is 0 Å². The average Bonchev–Trinajstić information content (AvgIpc) is 2.85. The van der Waals surface area contributed by atoms with Crippen LogP contribution in [0, 0.1) is 0 Å². The van der Waals surface area contributed by atoms with Gasteiger partial charge in [0.25, 0.3) is 5.91 Å². The van der Waals surface area contributed by atoms with Crippen molar-refractivity contribution in [3.63, 3.8) is 0 Å². The minimum Gasteiger partial charge on any atom is -0.347 e. The molecule has 1 amide bonds. The van der Waals surface area contributed by atoms with Crippen molar-refractivity contribution in [2.24, 2.45) is 0 Å². The summed E-state index contributed by atoms with van der Waals surface area (Å²) in [7, 11) is 0. The van der Waals surface area contributed by atoms with E-state index in [-0.39, 0.29) is 11.9 Å². The van der Waals surface area contributed by atoms with Crippen molar-refractivity contribution in [2.45, 2.75) is 37.8 Å². The number of H-pyrrole nitrogens is 1. The van der Waals surface area contributed by atoms with Gasteiger partial charge in [0.1, 0.15) is 0 Å². The first kappa shape index (κ1) is 12.8. The largest absolute Gasteiger partial charge is 0.347 e. The number of aromatic amines is 1. The molecule has 0 aliphatic carbocycles. The maximum absolute atomic E-state index is 12.5. The van der Waals surface area contributed by atoms with Crippen LogP contribution in [-0.2, 0) is 0 Å². The van der Waals surface area contributed by atoms with Gasteiger partial charge in [-0.1, -0.05) is 18.2 Å². The summed E-state index contributed by atoms with van der Waals surface area (Å²) in [6.07, 6.45) is 4.87. The fraction of sp³-hybridized carbons (Fsp3) is 0.500.